The minimum atomic E-state index is 0. The molecule has 0 saturated heterocycles. The lowest BCUT2D eigenvalue weighted by atomic mass is 10.1. The summed E-state index contributed by atoms with van der Waals surface area (Å²) in [5.41, 5.74) is 1.28. The molecule has 0 aromatic heterocycles. The summed E-state index contributed by atoms with van der Waals surface area (Å²) >= 11 is 0. The predicted molar refractivity (Wildman–Crippen MR) is 58.6 cm³/mol. The van der Waals surface area contributed by atoms with Gasteiger partial charge >= 0.3 is 0 Å². The summed E-state index contributed by atoms with van der Waals surface area (Å²) in [6, 6.07) is 10.2. The molecule has 0 spiro atoms. The lowest BCUT2D eigenvalue weighted by Gasteiger charge is -1.95. The van der Waals surface area contributed by atoms with Gasteiger partial charge in [0, 0.05) is 6.42 Å². The van der Waals surface area contributed by atoms with Crippen LogP contribution in [0.15, 0.2) is 35.6 Å². The zero-order chi connectivity index (χ0) is 9.80. The Balaban J connectivity index is 0.00000112. The third kappa shape index (κ3) is 3.32. The Bertz CT molecular complexity index is 364. The van der Waals surface area contributed by atoms with Crippen LogP contribution in [0.3, 0.4) is 0 Å². The Hall–Kier alpha value is -1.42. The zero-order valence-electron chi connectivity index (χ0n) is 8.22. The highest BCUT2D eigenvalue weighted by Crippen LogP contribution is 2.02. The van der Waals surface area contributed by atoms with E-state index in [1.807, 2.05) is 18.2 Å². The number of hydrogen-bond acceptors (Lipinski definition) is 3. The SMILES string of the molecule is Cl.N=C1C[N+](CCc2ccccc2)=NO1. The van der Waals surface area contributed by atoms with Gasteiger partial charge in [-0.15, -0.1) is 12.4 Å². The molecular weight excluding hydrogens is 214 g/mol. The minimum absolute atomic E-state index is 0. The number of nitrogens with one attached hydrogen (secondary N) is 1. The maximum absolute atomic E-state index is 7.20. The van der Waals surface area contributed by atoms with Crippen LogP contribution in [0.2, 0.25) is 0 Å². The number of halogens is 1. The van der Waals surface area contributed by atoms with Crippen molar-refractivity contribution in [1.29, 1.82) is 5.41 Å². The normalized spacial score (nSPS) is 14.1. The van der Waals surface area contributed by atoms with E-state index in [0.717, 1.165) is 13.0 Å². The van der Waals surface area contributed by atoms with Crippen LogP contribution in [0.25, 0.3) is 0 Å². The molecule has 1 heterocycles. The van der Waals surface area contributed by atoms with Crippen LogP contribution in [-0.4, -0.2) is 23.7 Å². The number of benzene rings is 1. The van der Waals surface area contributed by atoms with Crippen molar-refractivity contribution in [2.24, 2.45) is 5.28 Å². The summed E-state index contributed by atoms with van der Waals surface area (Å²) in [4.78, 5) is 4.69. The Morgan fingerprint density at radius 1 is 1.33 bits per heavy atom. The van der Waals surface area contributed by atoms with Crippen molar-refractivity contribution in [1.82, 2.24) is 0 Å². The molecule has 2 rings (SSSR count). The van der Waals surface area contributed by atoms with Gasteiger partial charge in [0.25, 0.3) is 5.90 Å². The third-order valence-corrected chi connectivity index (χ3v) is 2.09. The standard InChI is InChI=1S/C10H12N3O.ClH/c11-10-8-13(12-14-10)7-6-9-4-2-1-3-5-9;/h1-5,11H,6-8H2;1H/q+1;. The van der Waals surface area contributed by atoms with Crippen molar-refractivity contribution < 1.29 is 9.53 Å². The summed E-state index contributed by atoms with van der Waals surface area (Å²) in [6.07, 6.45) is 0.932. The highest BCUT2D eigenvalue weighted by Gasteiger charge is 2.20. The molecule has 0 atom stereocenters. The fourth-order valence-corrected chi connectivity index (χ4v) is 1.35. The maximum Gasteiger partial charge on any atom is 0.291 e. The molecule has 1 aliphatic heterocycles. The van der Waals surface area contributed by atoms with Crippen LogP contribution >= 0.6 is 12.4 Å². The van der Waals surface area contributed by atoms with E-state index in [2.05, 4.69) is 22.2 Å². The first-order valence-corrected chi connectivity index (χ1v) is 4.59. The van der Waals surface area contributed by atoms with Crippen LogP contribution in [0.4, 0.5) is 0 Å². The first kappa shape index (κ1) is 11.7. The van der Waals surface area contributed by atoms with Gasteiger partial charge in [0.15, 0.2) is 11.8 Å². The van der Waals surface area contributed by atoms with Gasteiger partial charge in [0.05, 0.1) is 0 Å². The molecule has 0 fully saturated rings. The molecule has 15 heavy (non-hydrogen) atoms. The molecule has 0 unspecified atom stereocenters. The van der Waals surface area contributed by atoms with E-state index < -0.39 is 0 Å². The molecule has 0 aliphatic carbocycles. The molecule has 1 aromatic carbocycles. The summed E-state index contributed by atoms with van der Waals surface area (Å²) in [5.74, 6) is 0.220. The first-order chi connectivity index (χ1) is 6.84. The van der Waals surface area contributed by atoms with Gasteiger partial charge in [-0.25, -0.2) is 0 Å². The fourth-order valence-electron chi connectivity index (χ4n) is 1.35. The number of hydrogen-bond donors (Lipinski definition) is 1. The largest absolute Gasteiger partial charge is 0.291 e. The Kier molecular flexibility index (Phi) is 4.24. The van der Waals surface area contributed by atoms with Crippen molar-refractivity contribution in [3.8, 4) is 0 Å². The van der Waals surface area contributed by atoms with E-state index in [4.69, 9.17) is 5.41 Å². The van der Waals surface area contributed by atoms with Crippen LogP contribution < -0.4 is 0 Å². The molecule has 0 saturated carbocycles. The molecule has 1 aliphatic rings. The summed E-state index contributed by atoms with van der Waals surface area (Å²) < 4.78 is 1.76. The third-order valence-electron chi connectivity index (χ3n) is 2.09. The molecule has 1 N–H and O–H groups in total. The van der Waals surface area contributed by atoms with Crippen molar-refractivity contribution >= 4 is 18.3 Å². The van der Waals surface area contributed by atoms with Crippen molar-refractivity contribution in [3.63, 3.8) is 0 Å². The average Bonchev–Trinajstić information content (AvgIpc) is 2.63. The Morgan fingerprint density at radius 3 is 2.67 bits per heavy atom. The predicted octanol–water partition coefficient (Wildman–Crippen LogP) is 2.04. The molecule has 1 aromatic rings. The van der Waals surface area contributed by atoms with Crippen LogP contribution in [-0.2, 0) is 11.3 Å². The quantitative estimate of drug-likeness (QED) is 0.788. The minimum Gasteiger partial charge on any atom is -0.285 e. The van der Waals surface area contributed by atoms with Gasteiger partial charge in [-0.05, 0) is 5.56 Å². The molecule has 0 amide bonds. The second-order valence-electron chi connectivity index (χ2n) is 3.22. The van der Waals surface area contributed by atoms with Gasteiger partial charge in [0.2, 0.25) is 6.54 Å². The van der Waals surface area contributed by atoms with E-state index in [1.54, 1.807) is 4.70 Å². The van der Waals surface area contributed by atoms with E-state index >= 15 is 0 Å². The van der Waals surface area contributed by atoms with Gasteiger partial charge in [-0.3, -0.25) is 10.2 Å². The van der Waals surface area contributed by atoms with Crippen LogP contribution in [0.1, 0.15) is 5.56 Å². The highest BCUT2D eigenvalue weighted by atomic mass is 35.5. The van der Waals surface area contributed by atoms with E-state index in [9.17, 15) is 0 Å². The fraction of sp³-hybridized carbons (Fsp3) is 0.300. The lowest BCUT2D eigenvalue weighted by molar-refractivity contribution is -0.585. The molecule has 4 nitrogen and oxygen atoms in total. The van der Waals surface area contributed by atoms with Gasteiger partial charge in [-0.1, -0.05) is 35.0 Å². The topological polar surface area (TPSA) is 48.5 Å². The summed E-state index contributed by atoms with van der Waals surface area (Å²) in [7, 11) is 0. The number of nitrogens with zero attached hydrogens (tertiary/aromatic N) is 2. The molecule has 0 radical (unpaired) electrons. The van der Waals surface area contributed by atoms with E-state index in [-0.39, 0.29) is 18.3 Å². The number of rotatable bonds is 3. The van der Waals surface area contributed by atoms with Crippen molar-refractivity contribution in [2.45, 2.75) is 6.42 Å². The van der Waals surface area contributed by atoms with Gasteiger partial charge in [-0.2, -0.15) is 0 Å². The van der Waals surface area contributed by atoms with E-state index in [0.29, 0.717) is 6.54 Å². The summed E-state index contributed by atoms with van der Waals surface area (Å²) in [5, 5.41) is 10.9. The average molecular weight is 227 g/mol. The van der Waals surface area contributed by atoms with Gasteiger partial charge in [0.1, 0.15) is 0 Å². The van der Waals surface area contributed by atoms with Crippen LogP contribution in [0, 0.1) is 5.41 Å². The molecular formula is C10H13ClN3O+. The van der Waals surface area contributed by atoms with E-state index in [1.165, 1.54) is 5.56 Å². The van der Waals surface area contributed by atoms with Gasteiger partial charge < -0.3 is 0 Å². The zero-order valence-corrected chi connectivity index (χ0v) is 9.04. The maximum atomic E-state index is 7.20. The lowest BCUT2D eigenvalue weighted by Crippen LogP contribution is -2.14. The second-order valence-corrected chi connectivity index (χ2v) is 3.22. The summed E-state index contributed by atoms with van der Waals surface area (Å²) in [6.45, 7) is 1.29. The van der Waals surface area contributed by atoms with Crippen molar-refractivity contribution in [3.05, 3.63) is 35.9 Å². The smallest absolute Gasteiger partial charge is 0.285 e. The second kappa shape index (κ2) is 5.46. The first-order valence-electron chi connectivity index (χ1n) is 4.59. The molecule has 5 heteroatoms. The highest BCUT2D eigenvalue weighted by molar-refractivity contribution is 5.85. The molecule has 0 bridgehead atoms. The Labute approximate surface area is 94.4 Å². The molecule has 80 valence electrons. The van der Waals surface area contributed by atoms with Crippen LogP contribution in [0.5, 0.6) is 0 Å². The monoisotopic (exact) mass is 226 g/mol. The Morgan fingerprint density at radius 2 is 2.07 bits per heavy atom. The van der Waals surface area contributed by atoms with Crippen molar-refractivity contribution in [2.75, 3.05) is 13.1 Å².